The maximum absolute atomic E-state index is 12.2. The Bertz CT molecular complexity index is 392. The SMILES string of the molecule is Cc1cc(CSC(=O)N(CC(C)C)CC(C)C)no1. The third-order valence-electron chi connectivity index (χ3n) is 2.45. The first-order valence-electron chi connectivity index (χ1n) is 6.72. The minimum atomic E-state index is 0.128. The van der Waals surface area contributed by atoms with Gasteiger partial charge in [-0.1, -0.05) is 44.6 Å². The molecule has 0 saturated heterocycles. The normalized spacial score (nSPS) is 11.3. The number of amides is 1. The number of nitrogens with zero attached hydrogens (tertiary/aromatic N) is 2. The van der Waals surface area contributed by atoms with Crippen LogP contribution >= 0.6 is 11.8 Å². The van der Waals surface area contributed by atoms with Crippen molar-refractivity contribution in [3.63, 3.8) is 0 Å². The molecule has 1 amide bonds. The van der Waals surface area contributed by atoms with E-state index in [1.807, 2.05) is 17.9 Å². The molecule has 4 nitrogen and oxygen atoms in total. The smallest absolute Gasteiger partial charge is 0.282 e. The molecule has 0 atom stereocenters. The zero-order valence-corrected chi connectivity index (χ0v) is 13.3. The van der Waals surface area contributed by atoms with E-state index in [1.54, 1.807) is 0 Å². The molecule has 0 aliphatic carbocycles. The van der Waals surface area contributed by atoms with Gasteiger partial charge in [-0.3, -0.25) is 4.79 Å². The fourth-order valence-electron chi connectivity index (χ4n) is 1.82. The number of rotatable bonds is 6. The summed E-state index contributed by atoms with van der Waals surface area (Å²) in [6, 6.07) is 1.87. The average Bonchev–Trinajstić information content (AvgIpc) is 2.70. The van der Waals surface area contributed by atoms with E-state index in [-0.39, 0.29) is 5.24 Å². The van der Waals surface area contributed by atoms with Crippen molar-refractivity contribution < 1.29 is 9.32 Å². The zero-order valence-electron chi connectivity index (χ0n) is 12.5. The van der Waals surface area contributed by atoms with Gasteiger partial charge in [-0.25, -0.2) is 0 Å². The van der Waals surface area contributed by atoms with Crippen LogP contribution in [0, 0.1) is 18.8 Å². The molecule has 1 rings (SSSR count). The molecule has 1 aromatic rings. The number of carbonyl (C=O) groups excluding carboxylic acids is 1. The Morgan fingerprint density at radius 3 is 2.32 bits per heavy atom. The number of hydrogen-bond donors (Lipinski definition) is 0. The maximum atomic E-state index is 12.2. The maximum Gasteiger partial charge on any atom is 0.282 e. The van der Waals surface area contributed by atoms with Crippen LogP contribution in [0.25, 0.3) is 0 Å². The van der Waals surface area contributed by atoms with Crippen LogP contribution in [-0.2, 0) is 5.75 Å². The summed E-state index contributed by atoms with van der Waals surface area (Å²) >= 11 is 1.30. The minimum absolute atomic E-state index is 0.128. The van der Waals surface area contributed by atoms with Gasteiger partial charge in [-0.15, -0.1) is 0 Å². The third kappa shape index (κ3) is 6.14. The molecule has 0 aromatic carbocycles. The molecule has 0 aliphatic heterocycles. The lowest BCUT2D eigenvalue weighted by Crippen LogP contribution is -2.34. The molecule has 0 aliphatic rings. The number of aryl methyl sites for hydroxylation is 1. The molecular weight excluding hydrogens is 260 g/mol. The van der Waals surface area contributed by atoms with Crippen molar-refractivity contribution in [2.45, 2.75) is 40.4 Å². The topological polar surface area (TPSA) is 46.3 Å². The summed E-state index contributed by atoms with van der Waals surface area (Å²) in [7, 11) is 0. The van der Waals surface area contributed by atoms with Crippen molar-refractivity contribution >= 4 is 17.0 Å². The Balaban J connectivity index is 2.51. The van der Waals surface area contributed by atoms with Crippen molar-refractivity contribution in [3.8, 4) is 0 Å². The largest absolute Gasteiger partial charge is 0.361 e. The van der Waals surface area contributed by atoms with Gasteiger partial charge in [0.2, 0.25) is 0 Å². The second-order valence-electron chi connectivity index (χ2n) is 5.68. The van der Waals surface area contributed by atoms with Gasteiger partial charge in [0.1, 0.15) is 5.76 Å². The van der Waals surface area contributed by atoms with Gasteiger partial charge in [-0.2, -0.15) is 0 Å². The molecule has 0 spiro atoms. The van der Waals surface area contributed by atoms with Crippen molar-refractivity contribution in [2.75, 3.05) is 13.1 Å². The Morgan fingerprint density at radius 2 is 1.89 bits per heavy atom. The van der Waals surface area contributed by atoms with E-state index in [4.69, 9.17) is 4.52 Å². The summed E-state index contributed by atoms with van der Waals surface area (Å²) in [5.74, 6) is 2.32. The lowest BCUT2D eigenvalue weighted by molar-refractivity contribution is 0.208. The van der Waals surface area contributed by atoms with E-state index in [0.29, 0.717) is 17.6 Å². The fraction of sp³-hybridized carbons (Fsp3) is 0.714. The van der Waals surface area contributed by atoms with Crippen molar-refractivity contribution in [1.29, 1.82) is 0 Å². The lowest BCUT2D eigenvalue weighted by atomic mass is 10.1. The van der Waals surface area contributed by atoms with Gasteiger partial charge < -0.3 is 9.42 Å². The van der Waals surface area contributed by atoms with E-state index in [2.05, 4.69) is 32.9 Å². The first-order valence-corrected chi connectivity index (χ1v) is 7.71. The minimum Gasteiger partial charge on any atom is -0.361 e. The highest BCUT2D eigenvalue weighted by Crippen LogP contribution is 2.18. The van der Waals surface area contributed by atoms with Crippen LogP contribution in [-0.4, -0.2) is 28.4 Å². The molecule has 0 bridgehead atoms. The second-order valence-corrected chi connectivity index (χ2v) is 6.60. The Labute approximate surface area is 119 Å². The summed E-state index contributed by atoms with van der Waals surface area (Å²) in [6.07, 6.45) is 0. The van der Waals surface area contributed by atoms with E-state index >= 15 is 0 Å². The Kier molecular flexibility index (Phi) is 6.42. The Hall–Kier alpha value is -0.970. The summed E-state index contributed by atoms with van der Waals surface area (Å²) in [4.78, 5) is 14.2. The molecule has 19 heavy (non-hydrogen) atoms. The molecule has 0 N–H and O–H groups in total. The molecule has 1 aromatic heterocycles. The molecule has 108 valence electrons. The van der Waals surface area contributed by atoms with Crippen LogP contribution in [0.3, 0.4) is 0 Å². The number of carbonyl (C=O) groups is 1. The monoisotopic (exact) mass is 284 g/mol. The first kappa shape index (κ1) is 16.1. The van der Waals surface area contributed by atoms with Crippen LogP contribution in [0.2, 0.25) is 0 Å². The summed E-state index contributed by atoms with van der Waals surface area (Å²) < 4.78 is 5.00. The number of aromatic nitrogens is 1. The molecule has 1 heterocycles. The van der Waals surface area contributed by atoms with Crippen LogP contribution in [0.5, 0.6) is 0 Å². The quantitative estimate of drug-likeness (QED) is 0.793. The van der Waals surface area contributed by atoms with Gasteiger partial charge in [0, 0.05) is 24.9 Å². The van der Waals surface area contributed by atoms with Gasteiger partial charge in [-0.05, 0) is 18.8 Å². The lowest BCUT2D eigenvalue weighted by Gasteiger charge is -2.25. The highest BCUT2D eigenvalue weighted by atomic mass is 32.2. The Morgan fingerprint density at radius 1 is 1.32 bits per heavy atom. The van der Waals surface area contributed by atoms with Crippen LogP contribution in [0.4, 0.5) is 4.79 Å². The molecule has 0 unspecified atom stereocenters. The van der Waals surface area contributed by atoms with Crippen molar-refractivity contribution in [1.82, 2.24) is 10.1 Å². The highest BCUT2D eigenvalue weighted by molar-refractivity contribution is 8.12. The summed E-state index contributed by atoms with van der Waals surface area (Å²) in [5, 5.41) is 4.03. The molecular formula is C14H24N2O2S. The molecule has 0 radical (unpaired) electrons. The van der Waals surface area contributed by atoms with Crippen LogP contribution in [0.15, 0.2) is 10.6 Å². The van der Waals surface area contributed by atoms with Gasteiger partial charge in [0.05, 0.1) is 5.69 Å². The van der Waals surface area contributed by atoms with Gasteiger partial charge in [0.25, 0.3) is 5.24 Å². The predicted octanol–water partition coefficient (Wildman–Crippen LogP) is 3.95. The standard InChI is InChI=1S/C14H24N2O2S/c1-10(2)7-16(8-11(3)4)14(17)19-9-13-6-12(5)18-15-13/h6,10-11H,7-9H2,1-5H3. The van der Waals surface area contributed by atoms with Gasteiger partial charge in [0.15, 0.2) is 0 Å². The van der Waals surface area contributed by atoms with E-state index in [9.17, 15) is 4.79 Å². The number of thioether (sulfide) groups is 1. The molecule has 0 saturated carbocycles. The van der Waals surface area contributed by atoms with Crippen LogP contribution < -0.4 is 0 Å². The average molecular weight is 284 g/mol. The van der Waals surface area contributed by atoms with E-state index < -0.39 is 0 Å². The fourth-order valence-corrected chi connectivity index (χ4v) is 2.56. The van der Waals surface area contributed by atoms with Crippen molar-refractivity contribution in [2.24, 2.45) is 11.8 Å². The number of hydrogen-bond acceptors (Lipinski definition) is 4. The van der Waals surface area contributed by atoms with Crippen LogP contribution in [0.1, 0.15) is 39.1 Å². The van der Waals surface area contributed by atoms with Crippen molar-refractivity contribution in [3.05, 3.63) is 17.5 Å². The predicted molar refractivity (Wildman–Crippen MR) is 79.2 cm³/mol. The summed E-state index contributed by atoms with van der Waals surface area (Å²) in [6.45, 7) is 12.0. The first-order chi connectivity index (χ1) is 8.88. The highest BCUT2D eigenvalue weighted by Gasteiger charge is 2.17. The van der Waals surface area contributed by atoms with E-state index in [0.717, 1.165) is 24.5 Å². The van der Waals surface area contributed by atoms with E-state index in [1.165, 1.54) is 11.8 Å². The zero-order chi connectivity index (χ0) is 14.4. The third-order valence-corrected chi connectivity index (χ3v) is 3.39. The summed E-state index contributed by atoms with van der Waals surface area (Å²) in [5.41, 5.74) is 0.824. The molecule has 5 heteroatoms. The molecule has 0 fully saturated rings. The second kappa shape index (κ2) is 7.58. The van der Waals surface area contributed by atoms with Gasteiger partial charge >= 0.3 is 0 Å².